The molecule has 0 aromatic carbocycles. The van der Waals surface area contributed by atoms with E-state index in [9.17, 15) is 9.59 Å². The van der Waals surface area contributed by atoms with Crippen LogP contribution in [0, 0.1) is 5.41 Å². The van der Waals surface area contributed by atoms with Gasteiger partial charge in [-0.05, 0) is 24.6 Å². The third-order valence-electron chi connectivity index (χ3n) is 3.74. The number of amides is 2. The molecule has 2 heterocycles. The second-order valence-electron chi connectivity index (χ2n) is 4.85. The standard InChI is InChI=1S/C11H14N4O2S/c12-9-14-15-8(17)11(5-3-1-2-4-6-11)7(16)13-10(15)18-9/h1-6H2,(H2,12,14). The van der Waals surface area contributed by atoms with Gasteiger partial charge in [0.1, 0.15) is 5.41 Å². The average molecular weight is 266 g/mol. The fraction of sp³-hybridized carbons (Fsp3) is 0.636. The van der Waals surface area contributed by atoms with Crippen LogP contribution < -0.4 is 5.73 Å². The Morgan fingerprint density at radius 3 is 2.50 bits per heavy atom. The Morgan fingerprint density at radius 2 is 1.83 bits per heavy atom. The topological polar surface area (TPSA) is 88.1 Å². The Balaban J connectivity index is 2.01. The number of amidine groups is 2. The SMILES string of the molecule is NC1=NN2C(=O)C3(CCCCCC3)C(=O)N=C2S1. The number of hydrogen-bond acceptors (Lipinski definition) is 5. The van der Waals surface area contributed by atoms with Gasteiger partial charge in [-0.1, -0.05) is 25.7 Å². The number of hydrazone groups is 1. The molecule has 1 aliphatic carbocycles. The lowest BCUT2D eigenvalue weighted by molar-refractivity contribution is -0.148. The number of aliphatic imine (C=N–C) groups is 1. The predicted molar refractivity (Wildman–Crippen MR) is 68.6 cm³/mol. The summed E-state index contributed by atoms with van der Waals surface area (Å²) < 4.78 is 0. The van der Waals surface area contributed by atoms with Crippen molar-refractivity contribution in [2.45, 2.75) is 38.5 Å². The highest BCUT2D eigenvalue weighted by Crippen LogP contribution is 2.42. The van der Waals surface area contributed by atoms with E-state index in [1.54, 1.807) is 0 Å². The van der Waals surface area contributed by atoms with Crippen molar-refractivity contribution in [3.8, 4) is 0 Å². The van der Waals surface area contributed by atoms with Gasteiger partial charge >= 0.3 is 0 Å². The molecule has 0 radical (unpaired) electrons. The summed E-state index contributed by atoms with van der Waals surface area (Å²) >= 11 is 1.07. The van der Waals surface area contributed by atoms with Gasteiger partial charge in [0.25, 0.3) is 11.8 Å². The molecule has 0 aromatic heterocycles. The number of nitrogens with zero attached hydrogens (tertiary/aromatic N) is 3. The first kappa shape index (κ1) is 11.7. The van der Waals surface area contributed by atoms with Gasteiger partial charge in [-0.3, -0.25) is 9.59 Å². The van der Waals surface area contributed by atoms with Gasteiger partial charge in [-0.15, -0.1) is 5.10 Å². The third-order valence-corrected chi connectivity index (χ3v) is 4.48. The van der Waals surface area contributed by atoms with Crippen molar-refractivity contribution in [3.05, 3.63) is 0 Å². The van der Waals surface area contributed by atoms with Crippen LogP contribution in [0.1, 0.15) is 38.5 Å². The van der Waals surface area contributed by atoms with Crippen LogP contribution in [0.3, 0.4) is 0 Å². The van der Waals surface area contributed by atoms with Crippen molar-refractivity contribution in [2.75, 3.05) is 0 Å². The Morgan fingerprint density at radius 1 is 1.17 bits per heavy atom. The van der Waals surface area contributed by atoms with E-state index in [-0.39, 0.29) is 17.0 Å². The third kappa shape index (κ3) is 1.57. The summed E-state index contributed by atoms with van der Waals surface area (Å²) in [5, 5.41) is 5.75. The second kappa shape index (κ2) is 4.08. The molecule has 1 fully saturated rings. The largest absolute Gasteiger partial charge is 0.376 e. The monoisotopic (exact) mass is 266 g/mol. The van der Waals surface area contributed by atoms with E-state index < -0.39 is 5.41 Å². The van der Waals surface area contributed by atoms with E-state index in [0.717, 1.165) is 37.4 Å². The maximum Gasteiger partial charge on any atom is 0.265 e. The molecule has 1 spiro atoms. The van der Waals surface area contributed by atoms with Crippen LogP contribution in [-0.2, 0) is 9.59 Å². The summed E-state index contributed by atoms with van der Waals surface area (Å²) in [6, 6.07) is 0. The molecule has 6 nitrogen and oxygen atoms in total. The maximum absolute atomic E-state index is 12.5. The minimum Gasteiger partial charge on any atom is -0.376 e. The van der Waals surface area contributed by atoms with E-state index in [1.165, 1.54) is 5.01 Å². The minimum absolute atomic E-state index is 0.243. The average Bonchev–Trinajstić information content (AvgIpc) is 2.58. The summed E-state index contributed by atoms with van der Waals surface area (Å²) in [6.45, 7) is 0. The van der Waals surface area contributed by atoms with Crippen LogP contribution in [-0.4, -0.2) is 27.2 Å². The Bertz CT molecular complexity index is 477. The molecular formula is C11H14N4O2S. The summed E-state index contributed by atoms with van der Waals surface area (Å²) in [5.41, 5.74) is 4.60. The van der Waals surface area contributed by atoms with Crippen LogP contribution in [0.25, 0.3) is 0 Å². The molecule has 7 heteroatoms. The van der Waals surface area contributed by atoms with E-state index in [2.05, 4.69) is 10.1 Å². The van der Waals surface area contributed by atoms with Crippen LogP contribution in [0.15, 0.2) is 10.1 Å². The number of hydrogen-bond donors (Lipinski definition) is 1. The highest BCUT2D eigenvalue weighted by molar-refractivity contribution is 8.26. The first-order valence-corrected chi connectivity index (χ1v) is 6.95. The van der Waals surface area contributed by atoms with Crippen LogP contribution >= 0.6 is 11.8 Å². The van der Waals surface area contributed by atoms with Crippen LogP contribution in [0.4, 0.5) is 0 Å². The fourth-order valence-electron chi connectivity index (χ4n) is 2.75. The van der Waals surface area contributed by atoms with E-state index >= 15 is 0 Å². The normalized spacial score (nSPS) is 26.8. The number of rotatable bonds is 0. The maximum atomic E-state index is 12.5. The molecule has 18 heavy (non-hydrogen) atoms. The zero-order valence-electron chi connectivity index (χ0n) is 9.89. The molecule has 0 bridgehead atoms. The van der Waals surface area contributed by atoms with Gasteiger partial charge in [0, 0.05) is 0 Å². The zero-order valence-corrected chi connectivity index (χ0v) is 10.7. The van der Waals surface area contributed by atoms with Crippen LogP contribution in [0.2, 0.25) is 0 Å². The van der Waals surface area contributed by atoms with Crippen molar-refractivity contribution < 1.29 is 9.59 Å². The van der Waals surface area contributed by atoms with Gasteiger partial charge in [-0.25, -0.2) is 0 Å². The lowest BCUT2D eigenvalue weighted by atomic mass is 9.78. The molecule has 96 valence electrons. The van der Waals surface area contributed by atoms with Gasteiger partial charge in [-0.2, -0.15) is 10.0 Å². The van der Waals surface area contributed by atoms with Gasteiger partial charge < -0.3 is 5.73 Å². The quantitative estimate of drug-likeness (QED) is 0.663. The molecular weight excluding hydrogens is 252 g/mol. The van der Waals surface area contributed by atoms with E-state index in [0.29, 0.717) is 18.0 Å². The summed E-state index contributed by atoms with van der Waals surface area (Å²) in [6.07, 6.45) is 5.08. The van der Waals surface area contributed by atoms with E-state index in [1.807, 2.05) is 0 Å². The molecule has 3 aliphatic rings. The molecule has 1 saturated carbocycles. The Labute approximate surface area is 109 Å². The molecule has 2 amide bonds. The zero-order chi connectivity index (χ0) is 12.8. The highest BCUT2D eigenvalue weighted by atomic mass is 32.2. The second-order valence-corrected chi connectivity index (χ2v) is 5.84. The summed E-state index contributed by atoms with van der Waals surface area (Å²) in [7, 11) is 0. The number of thioether (sulfide) groups is 1. The number of carbonyl (C=O) groups excluding carboxylic acids is 2. The van der Waals surface area contributed by atoms with Crippen molar-refractivity contribution in [3.63, 3.8) is 0 Å². The summed E-state index contributed by atoms with van der Waals surface area (Å²) in [4.78, 5) is 28.8. The molecule has 0 saturated heterocycles. The van der Waals surface area contributed by atoms with Crippen molar-refractivity contribution in [1.29, 1.82) is 0 Å². The number of carbonyl (C=O) groups is 2. The smallest absolute Gasteiger partial charge is 0.265 e. The van der Waals surface area contributed by atoms with Gasteiger partial charge in [0.05, 0.1) is 0 Å². The Kier molecular flexibility index (Phi) is 2.65. The van der Waals surface area contributed by atoms with Crippen LogP contribution in [0.5, 0.6) is 0 Å². The van der Waals surface area contributed by atoms with Crippen molar-refractivity contribution in [1.82, 2.24) is 5.01 Å². The van der Waals surface area contributed by atoms with Gasteiger partial charge in [0.15, 0.2) is 5.17 Å². The molecule has 0 aromatic rings. The lowest BCUT2D eigenvalue weighted by Crippen LogP contribution is -2.50. The predicted octanol–water partition coefficient (Wildman–Crippen LogP) is 1.03. The summed E-state index contributed by atoms with van der Waals surface area (Å²) in [5.74, 6) is -0.551. The Hall–Kier alpha value is -1.37. The van der Waals surface area contributed by atoms with Crippen molar-refractivity contribution in [2.24, 2.45) is 21.2 Å². The molecule has 2 aliphatic heterocycles. The number of fused-ring (bicyclic) bond motifs is 1. The van der Waals surface area contributed by atoms with Crippen molar-refractivity contribution >= 4 is 33.9 Å². The highest BCUT2D eigenvalue weighted by Gasteiger charge is 2.53. The molecule has 3 rings (SSSR count). The molecule has 0 unspecified atom stereocenters. The number of nitrogens with two attached hydrogens (primary N) is 1. The molecule has 2 N–H and O–H groups in total. The first-order valence-electron chi connectivity index (χ1n) is 6.13. The van der Waals surface area contributed by atoms with E-state index in [4.69, 9.17) is 5.73 Å². The lowest BCUT2D eigenvalue weighted by Gasteiger charge is -2.33. The minimum atomic E-state index is -0.977. The molecule has 0 atom stereocenters. The first-order chi connectivity index (χ1) is 8.63. The van der Waals surface area contributed by atoms with Gasteiger partial charge in [0.2, 0.25) is 5.17 Å². The fourth-order valence-corrected chi connectivity index (χ4v) is 3.40.